The molecular formula is C2H5B2N2. The van der Waals surface area contributed by atoms with Crippen molar-refractivity contribution in [3.8, 4) is 0 Å². The van der Waals surface area contributed by atoms with E-state index in [-0.39, 0.29) is 0 Å². The van der Waals surface area contributed by atoms with Gasteiger partial charge in [-0.05, 0) is 0 Å². The van der Waals surface area contributed by atoms with Crippen LogP contribution in [0.5, 0.6) is 0 Å². The van der Waals surface area contributed by atoms with Gasteiger partial charge in [-0.3, -0.25) is 0 Å². The summed E-state index contributed by atoms with van der Waals surface area (Å²) in [6.45, 7) is 6.55. The Labute approximate surface area is 38.9 Å². The number of nitrogens with zero attached hydrogens (tertiary/aromatic N) is 1. The fraction of sp³-hybridized carbons (Fsp3) is 0. The van der Waals surface area contributed by atoms with Crippen LogP contribution in [0.25, 0.3) is 0 Å². The van der Waals surface area contributed by atoms with E-state index in [2.05, 4.69) is 23.2 Å². The summed E-state index contributed by atoms with van der Waals surface area (Å²) in [4.78, 5) is 3.37. The first-order chi connectivity index (χ1) is 2.91. The van der Waals surface area contributed by atoms with Gasteiger partial charge in [0.1, 0.15) is 0 Å². The van der Waals surface area contributed by atoms with Crippen molar-refractivity contribution in [2.24, 2.45) is 4.90 Å². The minimum atomic E-state index is 1.45. The van der Waals surface area contributed by atoms with Crippen molar-refractivity contribution >= 4 is 27.8 Å². The van der Waals surface area contributed by atoms with Crippen LogP contribution in [0.2, 0.25) is 0 Å². The maximum atomic E-state index is 3.37. The number of hydrogen-bond donors (Lipinski definition) is 1. The minimum absolute atomic E-state index is 1.45. The van der Waals surface area contributed by atoms with Gasteiger partial charge in [0.15, 0.2) is 0 Å². The average Bonchev–Trinajstić information content (AvgIpc) is 1.61. The Hall–Kier alpha value is -0.530. The van der Waals surface area contributed by atoms with E-state index in [1.165, 1.54) is 14.6 Å². The molecule has 0 aliphatic rings. The third kappa shape index (κ3) is 3.47. The summed E-state index contributed by atoms with van der Waals surface area (Å²) in [5.41, 5.74) is 0. The molecule has 2 nitrogen and oxygen atoms in total. The van der Waals surface area contributed by atoms with Gasteiger partial charge < -0.3 is 0 Å². The van der Waals surface area contributed by atoms with Crippen LogP contribution in [-0.2, 0) is 0 Å². The Balaban J connectivity index is 2.66. The van der Waals surface area contributed by atoms with Gasteiger partial charge in [-0.15, -0.1) is 0 Å². The molecule has 0 spiro atoms. The van der Waals surface area contributed by atoms with E-state index in [1.807, 2.05) is 0 Å². The summed E-state index contributed by atoms with van der Waals surface area (Å²) >= 11 is 0. The SMILES string of the molecule is C=BN[B]N=C. The zero-order valence-corrected chi connectivity index (χ0v) is 3.52. The van der Waals surface area contributed by atoms with Crippen molar-refractivity contribution in [1.29, 1.82) is 0 Å². The van der Waals surface area contributed by atoms with Crippen LogP contribution < -0.4 is 5.14 Å². The van der Waals surface area contributed by atoms with Crippen molar-refractivity contribution < 1.29 is 0 Å². The van der Waals surface area contributed by atoms with Gasteiger partial charge in [0.05, 0.1) is 0 Å². The Morgan fingerprint density at radius 3 is 2.50 bits per heavy atom. The molecule has 0 atom stereocenters. The van der Waals surface area contributed by atoms with E-state index in [4.69, 9.17) is 0 Å². The van der Waals surface area contributed by atoms with Crippen LogP contribution in [0.3, 0.4) is 0 Å². The third-order valence-corrected chi connectivity index (χ3v) is 0.284. The molecule has 6 heavy (non-hydrogen) atoms. The zero-order chi connectivity index (χ0) is 4.83. The fourth-order valence-corrected chi connectivity index (χ4v) is 0.105. The van der Waals surface area contributed by atoms with Gasteiger partial charge >= 0.3 is 37.8 Å². The monoisotopic (exact) mass is 79.1 g/mol. The van der Waals surface area contributed by atoms with Gasteiger partial charge in [-0.1, -0.05) is 0 Å². The molecule has 1 radical (unpaired) electrons. The second kappa shape index (κ2) is 4.47. The zero-order valence-electron chi connectivity index (χ0n) is 3.52. The van der Waals surface area contributed by atoms with Gasteiger partial charge in [-0.25, -0.2) is 0 Å². The predicted octanol–water partition coefficient (Wildman–Crippen LogP) is -1.14. The Bertz CT molecular complexity index is 45.5. The molecular weight excluding hydrogens is 73.7 g/mol. The number of rotatable bonds is 3. The first-order valence-electron chi connectivity index (χ1n) is 1.56. The summed E-state index contributed by atoms with van der Waals surface area (Å²) in [5.74, 6) is 0. The predicted molar refractivity (Wildman–Crippen MR) is 31.3 cm³/mol. The quantitative estimate of drug-likeness (QED) is 0.258. The normalized spacial score (nSPS) is 5.33. The second-order valence-electron chi connectivity index (χ2n) is 0.682. The van der Waals surface area contributed by atoms with E-state index in [1.54, 1.807) is 0 Å². The van der Waals surface area contributed by atoms with E-state index in [0.29, 0.717) is 0 Å². The molecule has 0 saturated heterocycles. The molecule has 0 rings (SSSR count). The van der Waals surface area contributed by atoms with Crippen molar-refractivity contribution in [2.75, 3.05) is 0 Å². The van der Waals surface area contributed by atoms with Crippen molar-refractivity contribution in [2.45, 2.75) is 0 Å². The van der Waals surface area contributed by atoms with Gasteiger partial charge in [0.2, 0.25) is 0 Å². The molecule has 0 aromatic rings. The van der Waals surface area contributed by atoms with Crippen molar-refractivity contribution in [3.05, 3.63) is 0 Å². The van der Waals surface area contributed by atoms with Crippen LogP contribution in [0, 0.1) is 0 Å². The Kier molecular flexibility index (Phi) is 4.07. The molecule has 0 heterocycles. The summed E-state index contributed by atoms with van der Waals surface area (Å²) in [6.07, 6.45) is 0. The first-order valence-corrected chi connectivity index (χ1v) is 1.56. The van der Waals surface area contributed by atoms with Crippen LogP contribution in [-0.4, -0.2) is 27.8 Å². The van der Waals surface area contributed by atoms with E-state index >= 15 is 0 Å². The molecule has 0 saturated carbocycles. The molecule has 0 fully saturated rings. The summed E-state index contributed by atoms with van der Waals surface area (Å²) in [7, 11) is 2.97. The summed E-state index contributed by atoms with van der Waals surface area (Å²) in [5, 5.41) is 2.61. The van der Waals surface area contributed by atoms with Crippen molar-refractivity contribution in [3.63, 3.8) is 0 Å². The Morgan fingerprint density at radius 2 is 2.33 bits per heavy atom. The van der Waals surface area contributed by atoms with Crippen LogP contribution >= 0.6 is 0 Å². The molecule has 0 aromatic heterocycles. The second-order valence-corrected chi connectivity index (χ2v) is 0.682. The molecule has 0 aromatic carbocycles. The third-order valence-electron chi connectivity index (χ3n) is 0.284. The van der Waals surface area contributed by atoms with Crippen LogP contribution in [0.4, 0.5) is 0 Å². The molecule has 1 N–H and O–H groups in total. The molecule has 0 aliphatic heterocycles. The standard InChI is InChI=1S/C2H5B2N2/c1-3-6-4-5-2/h6H,1-2H2. The summed E-state index contributed by atoms with van der Waals surface area (Å²) in [6, 6.07) is 0. The van der Waals surface area contributed by atoms with E-state index < -0.39 is 0 Å². The van der Waals surface area contributed by atoms with Gasteiger partial charge in [0, 0.05) is 0 Å². The molecule has 0 unspecified atom stereocenters. The number of hydrogen-bond acceptors (Lipinski definition) is 2. The first kappa shape index (κ1) is 5.47. The topological polar surface area (TPSA) is 24.4 Å². The van der Waals surface area contributed by atoms with Crippen LogP contribution in [0.15, 0.2) is 4.90 Å². The van der Waals surface area contributed by atoms with Gasteiger partial charge in [-0.2, -0.15) is 0 Å². The average molecular weight is 78.7 g/mol. The summed E-state index contributed by atoms with van der Waals surface area (Å²) < 4.78 is 0. The molecule has 0 bridgehead atoms. The molecule has 0 amide bonds. The maximum absolute atomic E-state index is 3.37. The molecule has 0 aliphatic carbocycles. The molecule has 29 valence electrons. The van der Waals surface area contributed by atoms with Gasteiger partial charge in [0.25, 0.3) is 0 Å². The van der Waals surface area contributed by atoms with E-state index in [9.17, 15) is 0 Å². The Morgan fingerprint density at radius 1 is 1.67 bits per heavy atom. The van der Waals surface area contributed by atoms with E-state index in [0.717, 1.165) is 0 Å². The van der Waals surface area contributed by atoms with Crippen LogP contribution in [0.1, 0.15) is 0 Å². The fourth-order valence-electron chi connectivity index (χ4n) is 0.105. The molecule has 4 heteroatoms. The van der Waals surface area contributed by atoms with Crippen molar-refractivity contribution in [1.82, 2.24) is 5.14 Å². The number of nitrogens with one attached hydrogen (secondary N) is 1.